The number of aromatic amines is 2. The van der Waals surface area contributed by atoms with E-state index in [9.17, 15) is 0 Å². The van der Waals surface area contributed by atoms with Crippen LogP contribution in [-0.2, 0) is 6.54 Å². The third-order valence-corrected chi connectivity index (χ3v) is 5.44. The summed E-state index contributed by atoms with van der Waals surface area (Å²) in [7, 11) is 1.69. The summed E-state index contributed by atoms with van der Waals surface area (Å²) in [6.45, 7) is 3.12. The third kappa shape index (κ3) is 2.65. The largest absolute Gasteiger partial charge is 0.497 e. The number of H-pyrrole nitrogens is 2. The SMILES string of the molecule is COc1ccc2nc([C@H]3CCN(Cc4c[nH]c5ccccc45)C3)[nH]c2c1. The van der Waals surface area contributed by atoms with Gasteiger partial charge in [0, 0.05) is 42.2 Å². The Bertz CT molecular complexity index is 1060. The number of likely N-dealkylation sites (tertiary alicyclic amines) is 1. The Labute approximate surface area is 152 Å². The first-order valence-corrected chi connectivity index (χ1v) is 9.11. The highest BCUT2D eigenvalue weighted by atomic mass is 16.5. The molecule has 0 aliphatic carbocycles. The van der Waals surface area contributed by atoms with Gasteiger partial charge in [0.25, 0.3) is 0 Å². The molecule has 0 radical (unpaired) electrons. The summed E-state index contributed by atoms with van der Waals surface area (Å²) in [5, 5.41) is 1.33. The number of aromatic nitrogens is 3. The zero-order valence-electron chi connectivity index (χ0n) is 14.8. The van der Waals surface area contributed by atoms with Crippen molar-refractivity contribution < 1.29 is 4.74 Å². The molecule has 1 saturated heterocycles. The maximum absolute atomic E-state index is 5.31. The molecule has 132 valence electrons. The maximum Gasteiger partial charge on any atom is 0.121 e. The molecule has 2 N–H and O–H groups in total. The van der Waals surface area contributed by atoms with E-state index in [1.165, 1.54) is 16.5 Å². The summed E-state index contributed by atoms with van der Waals surface area (Å²) in [5.74, 6) is 2.41. The van der Waals surface area contributed by atoms with Crippen LogP contribution in [0.5, 0.6) is 5.75 Å². The van der Waals surface area contributed by atoms with Crippen molar-refractivity contribution in [3.05, 3.63) is 60.0 Å². The van der Waals surface area contributed by atoms with Crippen LogP contribution in [0.1, 0.15) is 23.7 Å². The van der Waals surface area contributed by atoms with E-state index >= 15 is 0 Å². The van der Waals surface area contributed by atoms with Gasteiger partial charge in [0.05, 0.1) is 18.1 Å². The number of imidazole rings is 1. The molecular formula is C21H22N4O. The first kappa shape index (κ1) is 15.5. The minimum Gasteiger partial charge on any atom is -0.497 e. The van der Waals surface area contributed by atoms with Gasteiger partial charge in [-0.15, -0.1) is 0 Å². The number of ether oxygens (including phenoxy) is 1. The lowest BCUT2D eigenvalue weighted by Gasteiger charge is -2.14. The first-order chi connectivity index (χ1) is 12.8. The molecule has 0 saturated carbocycles. The molecule has 1 aliphatic heterocycles. The van der Waals surface area contributed by atoms with E-state index in [2.05, 4.69) is 45.3 Å². The van der Waals surface area contributed by atoms with Crippen molar-refractivity contribution in [2.24, 2.45) is 0 Å². The smallest absolute Gasteiger partial charge is 0.121 e. The molecule has 26 heavy (non-hydrogen) atoms. The van der Waals surface area contributed by atoms with Gasteiger partial charge in [0.15, 0.2) is 0 Å². The number of hydrogen-bond donors (Lipinski definition) is 2. The second kappa shape index (κ2) is 6.18. The van der Waals surface area contributed by atoms with Crippen molar-refractivity contribution in [1.29, 1.82) is 0 Å². The van der Waals surface area contributed by atoms with E-state index in [-0.39, 0.29) is 0 Å². The van der Waals surface area contributed by atoms with Crippen LogP contribution >= 0.6 is 0 Å². The lowest BCUT2D eigenvalue weighted by molar-refractivity contribution is 0.327. The molecule has 0 spiro atoms. The topological polar surface area (TPSA) is 56.9 Å². The number of methoxy groups -OCH3 is 1. The summed E-state index contributed by atoms with van der Waals surface area (Å²) >= 11 is 0. The molecule has 1 aliphatic rings. The van der Waals surface area contributed by atoms with Gasteiger partial charge in [-0.2, -0.15) is 0 Å². The summed E-state index contributed by atoms with van der Waals surface area (Å²) in [6.07, 6.45) is 3.28. The Hall–Kier alpha value is -2.79. The van der Waals surface area contributed by atoms with Crippen molar-refractivity contribution >= 4 is 21.9 Å². The van der Waals surface area contributed by atoms with Crippen LogP contribution in [-0.4, -0.2) is 40.1 Å². The second-order valence-corrected chi connectivity index (χ2v) is 7.09. The van der Waals surface area contributed by atoms with Gasteiger partial charge in [-0.1, -0.05) is 18.2 Å². The molecule has 2 aromatic carbocycles. The van der Waals surface area contributed by atoms with Crippen molar-refractivity contribution in [3.8, 4) is 5.75 Å². The van der Waals surface area contributed by atoms with Crippen molar-refractivity contribution in [2.45, 2.75) is 18.9 Å². The van der Waals surface area contributed by atoms with Gasteiger partial charge in [-0.25, -0.2) is 4.98 Å². The molecule has 1 atom stereocenters. The van der Waals surface area contributed by atoms with E-state index in [1.54, 1.807) is 7.11 Å². The summed E-state index contributed by atoms with van der Waals surface area (Å²) < 4.78 is 5.31. The van der Waals surface area contributed by atoms with Crippen molar-refractivity contribution in [1.82, 2.24) is 19.9 Å². The van der Waals surface area contributed by atoms with Crippen LogP contribution in [0, 0.1) is 0 Å². The van der Waals surface area contributed by atoms with Gasteiger partial charge in [0.1, 0.15) is 11.6 Å². The number of fused-ring (bicyclic) bond motifs is 2. The minimum absolute atomic E-state index is 0.457. The highest BCUT2D eigenvalue weighted by Crippen LogP contribution is 2.30. The van der Waals surface area contributed by atoms with Crippen LogP contribution in [0.15, 0.2) is 48.7 Å². The van der Waals surface area contributed by atoms with Gasteiger partial charge < -0.3 is 14.7 Å². The van der Waals surface area contributed by atoms with E-state index in [0.29, 0.717) is 5.92 Å². The number of nitrogens with one attached hydrogen (secondary N) is 2. The fraction of sp³-hybridized carbons (Fsp3) is 0.286. The normalized spacial score (nSPS) is 18.1. The zero-order valence-corrected chi connectivity index (χ0v) is 14.8. The quantitative estimate of drug-likeness (QED) is 0.586. The molecule has 5 nitrogen and oxygen atoms in total. The molecular weight excluding hydrogens is 324 g/mol. The lowest BCUT2D eigenvalue weighted by atomic mass is 10.1. The van der Waals surface area contributed by atoms with Crippen molar-refractivity contribution in [3.63, 3.8) is 0 Å². The molecule has 5 rings (SSSR count). The van der Waals surface area contributed by atoms with Gasteiger partial charge in [-0.05, 0) is 36.7 Å². The Kier molecular flexibility index (Phi) is 3.68. The second-order valence-electron chi connectivity index (χ2n) is 7.09. The standard InChI is InChI=1S/C21H22N4O/c1-26-16-6-7-19-20(10-16)24-21(23-19)14-8-9-25(12-14)13-15-11-22-18-5-3-2-4-17(15)18/h2-7,10-11,14,22H,8-9,12-13H2,1H3,(H,23,24)/t14-/m0/s1. The Morgan fingerprint density at radius 3 is 3.04 bits per heavy atom. The average Bonchev–Trinajstić information content (AvgIpc) is 3.39. The zero-order chi connectivity index (χ0) is 17.5. The molecule has 0 bridgehead atoms. The minimum atomic E-state index is 0.457. The Morgan fingerprint density at radius 1 is 1.19 bits per heavy atom. The van der Waals surface area contributed by atoms with Crippen LogP contribution < -0.4 is 4.74 Å². The van der Waals surface area contributed by atoms with E-state index in [0.717, 1.165) is 48.7 Å². The van der Waals surface area contributed by atoms with Gasteiger partial charge in [-0.3, -0.25) is 4.90 Å². The van der Waals surface area contributed by atoms with Crippen LogP contribution in [0.4, 0.5) is 0 Å². The first-order valence-electron chi connectivity index (χ1n) is 9.11. The number of para-hydroxylation sites is 1. The molecule has 0 amide bonds. The Balaban J connectivity index is 1.34. The lowest BCUT2D eigenvalue weighted by Crippen LogP contribution is -2.19. The number of hydrogen-bond acceptors (Lipinski definition) is 3. The molecule has 4 aromatic rings. The summed E-state index contributed by atoms with van der Waals surface area (Å²) in [4.78, 5) is 14.2. The number of benzene rings is 2. The van der Waals surface area contributed by atoms with E-state index < -0.39 is 0 Å². The van der Waals surface area contributed by atoms with Crippen LogP contribution in [0.2, 0.25) is 0 Å². The average molecular weight is 346 g/mol. The molecule has 0 unspecified atom stereocenters. The number of rotatable bonds is 4. The predicted molar refractivity (Wildman–Crippen MR) is 104 cm³/mol. The van der Waals surface area contributed by atoms with Crippen molar-refractivity contribution in [2.75, 3.05) is 20.2 Å². The maximum atomic E-state index is 5.31. The highest BCUT2D eigenvalue weighted by molar-refractivity contribution is 5.83. The number of nitrogens with zero attached hydrogens (tertiary/aromatic N) is 2. The monoisotopic (exact) mass is 346 g/mol. The molecule has 2 aromatic heterocycles. The highest BCUT2D eigenvalue weighted by Gasteiger charge is 2.26. The fourth-order valence-corrected chi connectivity index (χ4v) is 4.03. The van der Waals surface area contributed by atoms with Gasteiger partial charge >= 0.3 is 0 Å². The van der Waals surface area contributed by atoms with Crippen LogP contribution in [0.25, 0.3) is 21.9 Å². The van der Waals surface area contributed by atoms with Gasteiger partial charge in [0.2, 0.25) is 0 Å². The van der Waals surface area contributed by atoms with E-state index in [1.807, 2.05) is 18.2 Å². The Morgan fingerprint density at radius 2 is 2.12 bits per heavy atom. The molecule has 3 heterocycles. The predicted octanol–water partition coefficient (Wildman–Crippen LogP) is 4.04. The van der Waals surface area contributed by atoms with E-state index in [4.69, 9.17) is 9.72 Å². The van der Waals surface area contributed by atoms with Crippen LogP contribution in [0.3, 0.4) is 0 Å². The fourth-order valence-electron chi connectivity index (χ4n) is 4.03. The molecule has 5 heteroatoms. The third-order valence-electron chi connectivity index (χ3n) is 5.44. The summed E-state index contributed by atoms with van der Waals surface area (Å²) in [6, 6.07) is 14.5. The summed E-state index contributed by atoms with van der Waals surface area (Å²) in [5.41, 5.74) is 4.64. The molecule has 1 fully saturated rings.